The third-order valence-corrected chi connectivity index (χ3v) is 7.62. The van der Waals surface area contributed by atoms with E-state index in [2.05, 4.69) is 15.9 Å². The lowest BCUT2D eigenvalue weighted by molar-refractivity contribution is 0.398. The molecule has 0 saturated carbocycles. The third-order valence-electron chi connectivity index (χ3n) is 3.79. The van der Waals surface area contributed by atoms with Gasteiger partial charge in [0.05, 0.1) is 9.92 Å². The van der Waals surface area contributed by atoms with E-state index < -0.39 is 26.1 Å². The van der Waals surface area contributed by atoms with E-state index in [1.165, 1.54) is 47.8 Å². The van der Waals surface area contributed by atoms with Crippen LogP contribution in [0.5, 0.6) is 0 Å². The van der Waals surface area contributed by atoms with Crippen LogP contribution in [0.4, 0.5) is 0 Å². The smallest absolute Gasteiger partial charge is 0.225 e. The molecule has 2 aromatic carbocycles. The van der Waals surface area contributed by atoms with Gasteiger partial charge in [-0.15, -0.1) is 0 Å². The van der Waals surface area contributed by atoms with Gasteiger partial charge >= 0.3 is 0 Å². The highest BCUT2D eigenvalue weighted by atomic mass is 79.9. The van der Waals surface area contributed by atoms with E-state index in [0.717, 1.165) is 0 Å². The van der Waals surface area contributed by atoms with E-state index in [-0.39, 0.29) is 14.8 Å². The van der Waals surface area contributed by atoms with E-state index in [1.807, 2.05) is 0 Å². The summed E-state index contributed by atoms with van der Waals surface area (Å²) >= 11 is 9.30. The minimum absolute atomic E-state index is 0.00660. The molecule has 0 aliphatic rings. The van der Waals surface area contributed by atoms with Crippen LogP contribution in [-0.4, -0.2) is 28.2 Å². The Morgan fingerprint density at radius 3 is 2.12 bits per heavy atom. The van der Waals surface area contributed by atoms with Crippen molar-refractivity contribution in [2.75, 3.05) is 7.05 Å². The first-order valence-electron chi connectivity index (χ1n) is 7.00. The average Bonchev–Trinajstić information content (AvgIpc) is 2.52. The molecule has 1 atom stereocenters. The summed E-state index contributed by atoms with van der Waals surface area (Å²) in [5.41, 5.74) is 0.617. The summed E-state index contributed by atoms with van der Waals surface area (Å²) in [7, 11) is -6.20. The lowest BCUT2D eigenvalue weighted by Crippen LogP contribution is -2.30. The van der Waals surface area contributed by atoms with Gasteiger partial charge in [0.1, 0.15) is 4.90 Å². The SMILES string of the molecule is CC(c1ccc(S(N)(=O)=O)cc1)N(C)S(=O)(=O)c1ccc(Br)cc1Cl. The Kier molecular flexibility index (Phi) is 5.97. The molecule has 0 aromatic heterocycles. The van der Waals surface area contributed by atoms with E-state index >= 15 is 0 Å². The standard InChI is InChI=1S/C15H16BrClN2O4S2/c1-10(11-3-6-13(7-4-11)24(18,20)21)19(2)25(22,23)15-8-5-12(16)9-14(15)17/h3-10H,1-2H3,(H2,18,20,21). The molecule has 0 aliphatic heterocycles. The second-order valence-corrected chi connectivity index (χ2v) is 10.2. The van der Waals surface area contributed by atoms with Crippen LogP contribution in [-0.2, 0) is 20.0 Å². The van der Waals surface area contributed by atoms with E-state index in [4.69, 9.17) is 16.7 Å². The van der Waals surface area contributed by atoms with Gasteiger partial charge in [-0.1, -0.05) is 39.7 Å². The predicted octanol–water partition coefficient (Wildman–Crippen LogP) is 3.13. The zero-order valence-corrected chi connectivity index (χ0v) is 17.3. The molecule has 0 spiro atoms. The van der Waals surface area contributed by atoms with Crippen LogP contribution in [0, 0.1) is 0 Å². The number of hydrogen-bond acceptors (Lipinski definition) is 4. The van der Waals surface area contributed by atoms with E-state index in [1.54, 1.807) is 13.0 Å². The van der Waals surface area contributed by atoms with Crippen molar-refractivity contribution in [3.8, 4) is 0 Å². The van der Waals surface area contributed by atoms with Crippen LogP contribution in [0.2, 0.25) is 5.02 Å². The summed E-state index contributed by atoms with van der Waals surface area (Å²) in [5, 5.41) is 5.17. The summed E-state index contributed by atoms with van der Waals surface area (Å²) in [6, 6.07) is 9.72. The molecule has 2 N–H and O–H groups in total. The van der Waals surface area contributed by atoms with Gasteiger partial charge in [-0.3, -0.25) is 0 Å². The Morgan fingerprint density at radius 2 is 1.64 bits per heavy atom. The molecule has 1 unspecified atom stereocenters. The van der Waals surface area contributed by atoms with E-state index in [9.17, 15) is 16.8 Å². The Hall–Kier alpha value is -0.970. The fraction of sp³-hybridized carbons (Fsp3) is 0.200. The Morgan fingerprint density at radius 1 is 1.08 bits per heavy atom. The van der Waals surface area contributed by atoms with Crippen LogP contribution in [0.15, 0.2) is 56.7 Å². The van der Waals surface area contributed by atoms with Crippen LogP contribution in [0.3, 0.4) is 0 Å². The van der Waals surface area contributed by atoms with Crippen LogP contribution < -0.4 is 5.14 Å². The van der Waals surface area contributed by atoms with Crippen LogP contribution >= 0.6 is 27.5 Å². The van der Waals surface area contributed by atoms with Gasteiger partial charge in [0.2, 0.25) is 20.0 Å². The van der Waals surface area contributed by atoms with Crippen molar-refractivity contribution in [1.82, 2.24) is 4.31 Å². The number of halogens is 2. The van der Waals surface area contributed by atoms with Gasteiger partial charge < -0.3 is 0 Å². The number of rotatable bonds is 5. The van der Waals surface area contributed by atoms with Gasteiger partial charge in [0.15, 0.2) is 0 Å². The molecule has 0 aliphatic carbocycles. The van der Waals surface area contributed by atoms with Gasteiger partial charge in [-0.25, -0.2) is 22.0 Å². The van der Waals surface area contributed by atoms with Crippen molar-refractivity contribution < 1.29 is 16.8 Å². The summed E-state index contributed by atoms with van der Waals surface area (Å²) in [6.07, 6.45) is 0. The monoisotopic (exact) mass is 466 g/mol. The van der Waals surface area contributed by atoms with Crippen molar-refractivity contribution in [3.63, 3.8) is 0 Å². The van der Waals surface area contributed by atoms with Gasteiger partial charge in [-0.2, -0.15) is 4.31 Å². The van der Waals surface area contributed by atoms with Crippen molar-refractivity contribution in [1.29, 1.82) is 0 Å². The topological polar surface area (TPSA) is 97.5 Å². The molecular formula is C15H16BrClN2O4S2. The Balaban J connectivity index is 2.37. The van der Waals surface area contributed by atoms with Gasteiger partial charge in [0, 0.05) is 17.6 Å². The number of nitrogens with zero attached hydrogens (tertiary/aromatic N) is 1. The van der Waals surface area contributed by atoms with Crippen molar-refractivity contribution in [2.45, 2.75) is 22.8 Å². The number of hydrogen-bond donors (Lipinski definition) is 1. The molecule has 2 aromatic rings. The lowest BCUT2D eigenvalue weighted by Gasteiger charge is -2.25. The molecule has 6 nitrogen and oxygen atoms in total. The first-order valence-corrected chi connectivity index (χ1v) is 11.2. The summed E-state index contributed by atoms with van der Waals surface area (Å²) in [4.78, 5) is -0.0437. The first kappa shape index (κ1) is 20.3. The minimum atomic E-state index is -3.83. The summed E-state index contributed by atoms with van der Waals surface area (Å²) < 4.78 is 50.1. The summed E-state index contributed by atoms with van der Waals surface area (Å²) in [5.74, 6) is 0. The zero-order chi connectivity index (χ0) is 19.0. The maximum absolute atomic E-state index is 12.8. The number of sulfonamides is 2. The molecular weight excluding hydrogens is 452 g/mol. The zero-order valence-electron chi connectivity index (χ0n) is 13.3. The Labute approximate surface area is 160 Å². The van der Waals surface area contributed by atoms with Crippen molar-refractivity contribution in [2.24, 2.45) is 5.14 Å². The van der Waals surface area contributed by atoms with E-state index in [0.29, 0.717) is 10.0 Å². The molecule has 0 radical (unpaired) electrons. The highest BCUT2D eigenvalue weighted by molar-refractivity contribution is 9.10. The fourth-order valence-electron chi connectivity index (χ4n) is 2.19. The largest absolute Gasteiger partial charge is 0.244 e. The second-order valence-electron chi connectivity index (χ2n) is 5.39. The molecule has 0 fully saturated rings. The second kappa shape index (κ2) is 7.34. The predicted molar refractivity (Wildman–Crippen MR) is 100 cm³/mol. The number of primary sulfonamides is 1. The van der Waals surface area contributed by atoms with Crippen molar-refractivity contribution >= 4 is 47.6 Å². The van der Waals surface area contributed by atoms with Gasteiger partial charge in [-0.05, 0) is 42.8 Å². The fourth-order valence-corrected chi connectivity index (χ4v) is 5.07. The molecule has 0 heterocycles. The minimum Gasteiger partial charge on any atom is -0.225 e. The molecule has 0 amide bonds. The first-order chi connectivity index (χ1) is 11.4. The summed E-state index contributed by atoms with van der Waals surface area (Å²) in [6.45, 7) is 1.69. The molecule has 2 rings (SSSR count). The maximum Gasteiger partial charge on any atom is 0.244 e. The number of benzene rings is 2. The molecule has 136 valence electrons. The molecule has 0 saturated heterocycles. The lowest BCUT2D eigenvalue weighted by atomic mass is 10.1. The highest BCUT2D eigenvalue weighted by Crippen LogP contribution is 2.31. The average molecular weight is 468 g/mol. The van der Waals surface area contributed by atoms with Crippen LogP contribution in [0.25, 0.3) is 0 Å². The number of nitrogens with two attached hydrogens (primary N) is 1. The Bertz CT molecular complexity index is 993. The molecule has 10 heteroatoms. The maximum atomic E-state index is 12.8. The quantitative estimate of drug-likeness (QED) is 0.730. The van der Waals surface area contributed by atoms with Crippen molar-refractivity contribution in [3.05, 3.63) is 57.5 Å². The van der Waals surface area contributed by atoms with Crippen LogP contribution in [0.1, 0.15) is 18.5 Å². The highest BCUT2D eigenvalue weighted by Gasteiger charge is 2.28. The molecule has 25 heavy (non-hydrogen) atoms. The third kappa shape index (κ3) is 4.42. The normalized spacial score (nSPS) is 13.8. The molecule has 0 bridgehead atoms. The van der Waals surface area contributed by atoms with Gasteiger partial charge in [0.25, 0.3) is 0 Å².